The molecule has 0 aliphatic carbocycles. The zero-order chi connectivity index (χ0) is 25.6. The number of sulfonamides is 1. The molecule has 1 amide bonds. The molecule has 0 atom stereocenters. The highest BCUT2D eigenvalue weighted by molar-refractivity contribution is 9.10. The Labute approximate surface area is 216 Å². The van der Waals surface area contributed by atoms with Crippen LogP contribution >= 0.6 is 28.1 Å². The van der Waals surface area contributed by atoms with E-state index in [0.717, 1.165) is 0 Å². The van der Waals surface area contributed by atoms with E-state index in [1.165, 1.54) is 43.8 Å². The number of ether oxygens (including phenoxy) is 2. The number of methoxy groups -OCH3 is 1. The van der Waals surface area contributed by atoms with Gasteiger partial charge >= 0.3 is 0 Å². The third-order valence-electron chi connectivity index (χ3n) is 4.30. The molecule has 0 spiro atoms. The average molecular weight is 580 g/mol. The Bertz CT molecular complexity index is 1330. The highest BCUT2D eigenvalue weighted by atomic mass is 79.9. The van der Waals surface area contributed by atoms with Gasteiger partial charge in [-0.05, 0) is 84.5 Å². The Hall–Kier alpha value is -3.29. The Morgan fingerprint density at radius 1 is 1.09 bits per heavy atom. The Morgan fingerprint density at radius 2 is 1.77 bits per heavy atom. The van der Waals surface area contributed by atoms with Crippen LogP contribution in [-0.2, 0) is 10.0 Å². The molecule has 3 N–H and O–H groups in total. The maximum absolute atomic E-state index is 12.7. The molecule has 10 nitrogen and oxygen atoms in total. The quantitative estimate of drug-likeness (QED) is 0.339. The van der Waals surface area contributed by atoms with Crippen LogP contribution in [-0.4, -0.2) is 42.6 Å². The van der Waals surface area contributed by atoms with E-state index in [2.05, 4.69) is 41.3 Å². The van der Waals surface area contributed by atoms with Crippen LogP contribution in [0.1, 0.15) is 24.2 Å². The molecule has 35 heavy (non-hydrogen) atoms. The van der Waals surface area contributed by atoms with Gasteiger partial charge in [0.15, 0.2) is 5.11 Å². The fourth-order valence-corrected chi connectivity index (χ4v) is 4.47. The number of carbonyl (C=O) groups excluding carboxylic acids is 1. The molecule has 3 rings (SSSR count). The van der Waals surface area contributed by atoms with E-state index in [0.29, 0.717) is 21.5 Å². The van der Waals surface area contributed by atoms with Gasteiger partial charge < -0.3 is 14.8 Å². The van der Waals surface area contributed by atoms with Crippen molar-refractivity contribution in [1.29, 1.82) is 0 Å². The molecule has 0 bridgehead atoms. The summed E-state index contributed by atoms with van der Waals surface area (Å²) in [4.78, 5) is 20.4. The van der Waals surface area contributed by atoms with Gasteiger partial charge in [-0.3, -0.25) is 14.8 Å². The van der Waals surface area contributed by atoms with Crippen molar-refractivity contribution in [3.63, 3.8) is 0 Å². The lowest BCUT2D eigenvalue weighted by Crippen LogP contribution is -2.34. The number of thiocarbonyl (C=S) groups is 1. The lowest BCUT2D eigenvalue weighted by molar-refractivity contribution is 0.0977. The minimum atomic E-state index is -3.94. The summed E-state index contributed by atoms with van der Waals surface area (Å²) in [6.07, 6.45) is 2.72. The largest absolute Gasteiger partial charge is 0.490 e. The molecule has 2 aromatic carbocycles. The first-order chi connectivity index (χ1) is 16.6. The molecule has 0 radical (unpaired) electrons. The molecule has 184 valence electrons. The van der Waals surface area contributed by atoms with Crippen molar-refractivity contribution in [1.82, 2.24) is 15.3 Å². The second-order valence-corrected chi connectivity index (χ2v) is 10.2. The fourth-order valence-electron chi connectivity index (χ4n) is 2.78. The number of halogens is 1. The number of hydrogen-bond acceptors (Lipinski definition) is 8. The molecule has 13 heteroatoms. The lowest BCUT2D eigenvalue weighted by Gasteiger charge is -2.13. The first-order valence-electron chi connectivity index (χ1n) is 10.2. The normalized spacial score (nSPS) is 11.0. The van der Waals surface area contributed by atoms with Gasteiger partial charge in [-0.25, -0.2) is 18.4 Å². The Balaban J connectivity index is 1.62. The first-order valence-corrected chi connectivity index (χ1v) is 12.8. The zero-order valence-electron chi connectivity index (χ0n) is 18.9. The summed E-state index contributed by atoms with van der Waals surface area (Å²) in [5.74, 6) is 0.223. The average Bonchev–Trinajstić information content (AvgIpc) is 2.80. The molecular weight excluding hydrogens is 558 g/mol. The van der Waals surface area contributed by atoms with Crippen molar-refractivity contribution < 1.29 is 22.7 Å². The fraction of sp³-hybridized carbons (Fsp3) is 0.182. The summed E-state index contributed by atoms with van der Waals surface area (Å²) < 4.78 is 39.0. The zero-order valence-corrected chi connectivity index (χ0v) is 22.1. The summed E-state index contributed by atoms with van der Waals surface area (Å²) in [6, 6.07) is 10.7. The molecule has 0 saturated carbocycles. The maximum atomic E-state index is 12.7. The number of rotatable bonds is 8. The Morgan fingerprint density at radius 3 is 2.40 bits per heavy atom. The van der Waals surface area contributed by atoms with E-state index in [9.17, 15) is 13.2 Å². The third-order valence-corrected chi connectivity index (χ3v) is 6.47. The van der Waals surface area contributed by atoms with Crippen LogP contribution < -0.4 is 24.8 Å². The lowest BCUT2D eigenvalue weighted by atomic mass is 10.2. The van der Waals surface area contributed by atoms with Crippen LogP contribution in [0.2, 0.25) is 0 Å². The van der Waals surface area contributed by atoms with Crippen LogP contribution in [0.15, 0.2) is 64.2 Å². The number of amides is 1. The van der Waals surface area contributed by atoms with E-state index in [1.807, 2.05) is 13.8 Å². The Kier molecular flexibility index (Phi) is 8.59. The monoisotopic (exact) mass is 579 g/mol. The molecule has 0 saturated heterocycles. The number of benzene rings is 2. The summed E-state index contributed by atoms with van der Waals surface area (Å²) in [6.45, 7) is 3.81. The number of nitrogens with zero attached hydrogens (tertiary/aromatic N) is 2. The van der Waals surface area contributed by atoms with Gasteiger partial charge in [0, 0.05) is 23.6 Å². The second kappa shape index (κ2) is 11.4. The number of carbonyl (C=O) groups is 1. The molecule has 3 aromatic rings. The van der Waals surface area contributed by atoms with Crippen molar-refractivity contribution in [2.45, 2.75) is 24.8 Å². The predicted octanol–water partition coefficient (Wildman–Crippen LogP) is 3.96. The third kappa shape index (κ3) is 7.10. The van der Waals surface area contributed by atoms with Gasteiger partial charge in [0.25, 0.3) is 21.8 Å². The number of anilines is 2. The number of aromatic nitrogens is 2. The highest BCUT2D eigenvalue weighted by Crippen LogP contribution is 2.27. The van der Waals surface area contributed by atoms with Crippen molar-refractivity contribution in [2.24, 2.45) is 0 Å². The van der Waals surface area contributed by atoms with E-state index in [4.69, 9.17) is 21.7 Å². The smallest absolute Gasteiger partial charge is 0.263 e. The molecule has 1 aromatic heterocycles. The molecular formula is C22H22BrN5O5S2. The van der Waals surface area contributed by atoms with Crippen LogP contribution in [0.5, 0.6) is 11.6 Å². The van der Waals surface area contributed by atoms with E-state index < -0.39 is 15.9 Å². The molecule has 1 heterocycles. The molecule has 0 fully saturated rings. The van der Waals surface area contributed by atoms with E-state index in [-0.39, 0.29) is 27.8 Å². The molecule has 0 unspecified atom stereocenters. The van der Waals surface area contributed by atoms with Gasteiger partial charge in [-0.15, -0.1) is 0 Å². The van der Waals surface area contributed by atoms with Gasteiger partial charge in [-0.2, -0.15) is 0 Å². The van der Waals surface area contributed by atoms with Crippen molar-refractivity contribution in [3.8, 4) is 11.6 Å². The summed E-state index contributed by atoms with van der Waals surface area (Å²) in [7, 11) is -2.58. The van der Waals surface area contributed by atoms with Crippen LogP contribution in [0, 0.1) is 0 Å². The van der Waals surface area contributed by atoms with Crippen LogP contribution in [0.3, 0.4) is 0 Å². The standard InChI is InChI=1S/C22H22BrN5O5S2/c1-13(2)33-18-9-4-14(12-17(18)23)20(29)27-22(34)26-15-5-7-16(8-6-15)35(30,31)28-19-21(32-3)25-11-10-24-19/h4-13H,1-3H3,(H,24,28)(H2,26,27,29,34). The second-order valence-electron chi connectivity index (χ2n) is 7.26. The maximum Gasteiger partial charge on any atom is 0.263 e. The number of nitrogens with one attached hydrogen (secondary N) is 3. The summed E-state index contributed by atoms with van der Waals surface area (Å²) in [5.41, 5.74) is 0.859. The molecule has 0 aliphatic heterocycles. The SMILES string of the molecule is COc1nccnc1NS(=O)(=O)c1ccc(NC(=S)NC(=O)c2ccc(OC(C)C)c(Br)c2)cc1. The van der Waals surface area contributed by atoms with Gasteiger partial charge in [0.1, 0.15) is 5.75 Å². The topological polar surface area (TPSA) is 132 Å². The van der Waals surface area contributed by atoms with E-state index in [1.54, 1.807) is 18.2 Å². The predicted molar refractivity (Wildman–Crippen MR) is 139 cm³/mol. The van der Waals surface area contributed by atoms with Gasteiger partial charge in [0.2, 0.25) is 5.82 Å². The van der Waals surface area contributed by atoms with Crippen molar-refractivity contribution in [3.05, 3.63) is 64.9 Å². The number of hydrogen-bond donors (Lipinski definition) is 3. The van der Waals surface area contributed by atoms with E-state index >= 15 is 0 Å². The van der Waals surface area contributed by atoms with Gasteiger partial charge in [-0.1, -0.05) is 0 Å². The van der Waals surface area contributed by atoms with Crippen molar-refractivity contribution >= 4 is 60.7 Å². The summed E-state index contributed by atoms with van der Waals surface area (Å²) in [5, 5.41) is 5.48. The van der Waals surface area contributed by atoms with Gasteiger partial charge in [0.05, 0.1) is 22.6 Å². The van der Waals surface area contributed by atoms with Crippen molar-refractivity contribution in [2.75, 3.05) is 17.1 Å². The first kappa shape index (κ1) is 26.3. The minimum absolute atomic E-state index is 0.00486. The molecule has 0 aliphatic rings. The van der Waals surface area contributed by atoms with Crippen LogP contribution in [0.25, 0.3) is 0 Å². The minimum Gasteiger partial charge on any atom is -0.490 e. The highest BCUT2D eigenvalue weighted by Gasteiger charge is 2.18. The van der Waals surface area contributed by atoms with Crippen LogP contribution in [0.4, 0.5) is 11.5 Å². The summed E-state index contributed by atoms with van der Waals surface area (Å²) >= 11 is 8.60.